The minimum atomic E-state index is -0.945. The van der Waals surface area contributed by atoms with Crippen LogP contribution < -0.4 is 0 Å². The van der Waals surface area contributed by atoms with Gasteiger partial charge in [-0.1, -0.05) is 31.2 Å². The van der Waals surface area contributed by atoms with Crippen molar-refractivity contribution in [2.75, 3.05) is 7.11 Å². The average molecular weight is 357 g/mol. The molecule has 1 aromatic heterocycles. The molecule has 1 atom stereocenters. The fourth-order valence-corrected chi connectivity index (χ4v) is 2.77. The van der Waals surface area contributed by atoms with Gasteiger partial charge in [0.25, 0.3) is 0 Å². The van der Waals surface area contributed by atoms with Gasteiger partial charge in [-0.25, -0.2) is 9.59 Å². The van der Waals surface area contributed by atoms with Crippen LogP contribution in [0.1, 0.15) is 61.9 Å². The molecule has 0 saturated heterocycles. The van der Waals surface area contributed by atoms with Gasteiger partial charge in [-0.15, -0.1) is 0 Å². The van der Waals surface area contributed by atoms with Gasteiger partial charge >= 0.3 is 11.9 Å². The summed E-state index contributed by atoms with van der Waals surface area (Å²) in [4.78, 5) is 39.5. The predicted molar refractivity (Wildman–Crippen MR) is 96.6 cm³/mol. The lowest BCUT2D eigenvalue weighted by atomic mass is 10.0. The zero-order valence-electron chi connectivity index (χ0n) is 15.6. The molecule has 2 rings (SSSR count). The Morgan fingerprint density at radius 2 is 1.69 bits per heavy atom. The maximum Gasteiger partial charge on any atom is 0.355 e. The third-order valence-corrected chi connectivity index (χ3v) is 4.33. The third kappa shape index (κ3) is 3.85. The Bertz CT molecular complexity index is 833. The molecule has 6 heteroatoms. The first-order valence-corrected chi connectivity index (χ1v) is 8.41. The Labute approximate surface area is 152 Å². The number of ether oxygens (including phenoxy) is 2. The predicted octanol–water partition coefficient (Wildman–Crippen LogP) is 3.41. The second kappa shape index (κ2) is 7.99. The highest BCUT2D eigenvalue weighted by Crippen LogP contribution is 2.20. The fourth-order valence-electron chi connectivity index (χ4n) is 2.77. The standard InChI is InChI=1S/C20H23NO5/c1-6-14-7-9-15(10-8-14)18(22)13(4)26-20(24)17-11(2)16(12(3)21-17)19(23)25-5/h7-10,13,21H,6H2,1-5H3. The second-order valence-corrected chi connectivity index (χ2v) is 6.08. The van der Waals surface area contributed by atoms with E-state index in [-0.39, 0.29) is 11.5 Å². The number of carbonyl (C=O) groups is 3. The van der Waals surface area contributed by atoms with Crippen molar-refractivity contribution < 1.29 is 23.9 Å². The number of H-pyrrole nitrogens is 1. The number of aromatic nitrogens is 1. The molecule has 1 heterocycles. The van der Waals surface area contributed by atoms with E-state index in [1.54, 1.807) is 26.0 Å². The summed E-state index contributed by atoms with van der Waals surface area (Å²) in [7, 11) is 1.27. The van der Waals surface area contributed by atoms with Crippen LogP contribution in [0.5, 0.6) is 0 Å². The summed E-state index contributed by atoms with van der Waals surface area (Å²) in [5, 5.41) is 0. The monoisotopic (exact) mass is 357 g/mol. The number of Topliss-reactive ketones (excluding diaryl/α,β-unsaturated/α-hetero) is 1. The maximum absolute atomic E-state index is 12.5. The first kappa shape index (κ1) is 19.4. The zero-order chi connectivity index (χ0) is 19.4. The van der Waals surface area contributed by atoms with Crippen molar-refractivity contribution in [3.05, 3.63) is 57.9 Å². The molecule has 6 nitrogen and oxygen atoms in total. The number of esters is 2. The van der Waals surface area contributed by atoms with Crippen molar-refractivity contribution in [2.24, 2.45) is 0 Å². The van der Waals surface area contributed by atoms with E-state index in [1.807, 2.05) is 19.1 Å². The molecule has 2 aromatic rings. The Kier molecular flexibility index (Phi) is 5.97. The molecule has 0 amide bonds. The van der Waals surface area contributed by atoms with Gasteiger partial charge in [0.1, 0.15) is 5.69 Å². The minimum Gasteiger partial charge on any atom is -0.465 e. The normalized spacial score (nSPS) is 11.7. The van der Waals surface area contributed by atoms with Crippen molar-refractivity contribution >= 4 is 17.7 Å². The van der Waals surface area contributed by atoms with E-state index in [0.29, 0.717) is 22.4 Å². The Balaban J connectivity index is 2.16. The summed E-state index contributed by atoms with van der Waals surface area (Å²) < 4.78 is 10.0. The quantitative estimate of drug-likeness (QED) is 0.632. The molecule has 0 saturated carbocycles. The number of hydrogen-bond donors (Lipinski definition) is 1. The van der Waals surface area contributed by atoms with Crippen molar-refractivity contribution in [1.82, 2.24) is 4.98 Å². The van der Waals surface area contributed by atoms with E-state index in [1.165, 1.54) is 14.0 Å². The molecule has 1 unspecified atom stereocenters. The number of hydrogen-bond acceptors (Lipinski definition) is 5. The summed E-state index contributed by atoms with van der Waals surface area (Å²) in [6.45, 7) is 6.85. The minimum absolute atomic E-state index is 0.142. The average Bonchev–Trinajstić information content (AvgIpc) is 2.94. The van der Waals surface area contributed by atoms with Gasteiger partial charge in [0.2, 0.25) is 5.78 Å². The molecule has 0 aliphatic heterocycles. The summed E-state index contributed by atoms with van der Waals surface area (Å²) in [6, 6.07) is 7.21. The van der Waals surface area contributed by atoms with Crippen LogP contribution in [-0.2, 0) is 15.9 Å². The molecule has 0 spiro atoms. The lowest BCUT2D eigenvalue weighted by Crippen LogP contribution is -2.25. The molecule has 0 radical (unpaired) electrons. The van der Waals surface area contributed by atoms with Crippen LogP contribution in [0.25, 0.3) is 0 Å². The van der Waals surface area contributed by atoms with E-state index < -0.39 is 18.0 Å². The van der Waals surface area contributed by atoms with Crippen molar-refractivity contribution in [1.29, 1.82) is 0 Å². The molecule has 1 aromatic carbocycles. The summed E-state index contributed by atoms with van der Waals surface area (Å²) in [5.74, 6) is -1.50. The van der Waals surface area contributed by atoms with Crippen LogP contribution in [-0.4, -0.2) is 35.9 Å². The summed E-state index contributed by atoms with van der Waals surface area (Å²) in [5.41, 5.74) is 3.00. The Hall–Kier alpha value is -2.89. The number of carbonyl (C=O) groups excluding carboxylic acids is 3. The molecule has 0 aliphatic carbocycles. The molecular weight excluding hydrogens is 334 g/mol. The van der Waals surface area contributed by atoms with Crippen LogP contribution in [0.3, 0.4) is 0 Å². The fraction of sp³-hybridized carbons (Fsp3) is 0.350. The van der Waals surface area contributed by atoms with E-state index >= 15 is 0 Å². The van der Waals surface area contributed by atoms with Gasteiger partial charge in [-0.05, 0) is 38.3 Å². The molecule has 0 bridgehead atoms. The van der Waals surface area contributed by atoms with Crippen LogP contribution in [0, 0.1) is 13.8 Å². The number of benzene rings is 1. The van der Waals surface area contributed by atoms with E-state index in [0.717, 1.165) is 12.0 Å². The molecule has 1 N–H and O–H groups in total. The number of methoxy groups -OCH3 is 1. The van der Waals surface area contributed by atoms with Gasteiger partial charge in [0.15, 0.2) is 6.10 Å². The lowest BCUT2D eigenvalue weighted by Gasteiger charge is -2.12. The molecule has 0 aliphatic rings. The summed E-state index contributed by atoms with van der Waals surface area (Å²) in [6.07, 6.45) is -0.0629. The largest absolute Gasteiger partial charge is 0.465 e. The number of rotatable bonds is 6. The first-order valence-electron chi connectivity index (χ1n) is 8.41. The van der Waals surface area contributed by atoms with Crippen LogP contribution in [0.4, 0.5) is 0 Å². The highest BCUT2D eigenvalue weighted by Gasteiger charge is 2.26. The van der Waals surface area contributed by atoms with E-state index in [2.05, 4.69) is 4.98 Å². The molecule has 26 heavy (non-hydrogen) atoms. The lowest BCUT2D eigenvalue weighted by molar-refractivity contribution is 0.0313. The van der Waals surface area contributed by atoms with E-state index in [9.17, 15) is 14.4 Å². The Morgan fingerprint density at radius 1 is 1.08 bits per heavy atom. The SMILES string of the molecule is CCc1ccc(C(=O)C(C)OC(=O)c2[nH]c(C)c(C(=O)OC)c2C)cc1. The maximum atomic E-state index is 12.5. The van der Waals surface area contributed by atoms with Crippen LogP contribution in [0.2, 0.25) is 0 Å². The highest BCUT2D eigenvalue weighted by molar-refractivity contribution is 6.02. The van der Waals surface area contributed by atoms with Crippen molar-refractivity contribution in [3.8, 4) is 0 Å². The number of ketones is 1. The zero-order valence-corrected chi connectivity index (χ0v) is 15.6. The van der Waals surface area contributed by atoms with Crippen molar-refractivity contribution in [3.63, 3.8) is 0 Å². The second-order valence-electron chi connectivity index (χ2n) is 6.08. The molecule has 0 fully saturated rings. The smallest absolute Gasteiger partial charge is 0.355 e. The highest BCUT2D eigenvalue weighted by atomic mass is 16.5. The van der Waals surface area contributed by atoms with Gasteiger partial charge in [-0.2, -0.15) is 0 Å². The van der Waals surface area contributed by atoms with Gasteiger partial charge in [0.05, 0.1) is 12.7 Å². The van der Waals surface area contributed by atoms with Crippen LogP contribution in [0.15, 0.2) is 24.3 Å². The van der Waals surface area contributed by atoms with Crippen LogP contribution >= 0.6 is 0 Å². The third-order valence-electron chi connectivity index (χ3n) is 4.33. The number of aromatic amines is 1. The van der Waals surface area contributed by atoms with E-state index in [4.69, 9.17) is 9.47 Å². The Morgan fingerprint density at radius 3 is 2.23 bits per heavy atom. The topological polar surface area (TPSA) is 85.5 Å². The molecular formula is C20H23NO5. The van der Waals surface area contributed by atoms with Gasteiger partial charge in [0, 0.05) is 11.3 Å². The van der Waals surface area contributed by atoms with Gasteiger partial charge in [-0.3, -0.25) is 4.79 Å². The number of aryl methyl sites for hydroxylation is 2. The number of nitrogens with one attached hydrogen (secondary N) is 1. The van der Waals surface area contributed by atoms with Gasteiger partial charge < -0.3 is 14.5 Å². The first-order chi connectivity index (χ1) is 12.3. The molecule has 138 valence electrons. The van der Waals surface area contributed by atoms with Crippen molar-refractivity contribution in [2.45, 2.75) is 40.2 Å². The summed E-state index contributed by atoms with van der Waals surface area (Å²) >= 11 is 0.